The minimum atomic E-state index is -0.868. The molecule has 0 heterocycles. The fraction of sp³-hybridized carbons (Fsp3) is 0.857. The maximum Gasteiger partial charge on any atom is 0.316 e. The maximum atomic E-state index is 10.5. The summed E-state index contributed by atoms with van der Waals surface area (Å²) in [7, 11) is 0. The molecule has 2 atom stereocenters. The molecule has 0 radical (unpaired) electrons. The van der Waals surface area contributed by atoms with E-state index in [9.17, 15) is 4.79 Å². The van der Waals surface area contributed by atoms with Gasteiger partial charge in [-0.3, -0.25) is 4.79 Å². The predicted octanol–water partition coefficient (Wildman–Crippen LogP) is -0.0640. The van der Waals surface area contributed by atoms with Crippen molar-refractivity contribution in [2.45, 2.75) is 24.7 Å². The number of thioether (sulfide) groups is 1. The van der Waals surface area contributed by atoms with Gasteiger partial charge in [-0.25, -0.2) is 0 Å². The second-order valence-corrected chi connectivity index (χ2v) is 3.64. The summed E-state index contributed by atoms with van der Waals surface area (Å²) < 4.78 is 0. The van der Waals surface area contributed by atoms with Gasteiger partial charge in [-0.1, -0.05) is 6.92 Å². The largest absolute Gasteiger partial charge is 0.480 e. The minimum absolute atomic E-state index is 0.265. The standard InChI is InChI=1S/C7H14O4S/c1-2-6(7(10)11)12-4-5(9)3-8/h5-6,8-9H,2-4H2,1H3,(H,10,11)/t5-,6?/m1/s1. The number of aliphatic hydroxyl groups is 2. The van der Waals surface area contributed by atoms with Crippen LogP contribution >= 0.6 is 11.8 Å². The van der Waals surface area contributed by atoms with Gasteiger partial charge < -0.3 is 15.3 Å². The van der Waals surface area contributed by atoms with Crippen LogP contribution in [0.25, 0.3) is 0 Å². The molecule has 3 N–H and O–H groups in total. The molecule has 4 nitrogen and oxygen atoms in total. The van der Waals surface area contributed by atoms with Gasteiger partial charge in [0.1, 0.15) is 5.25 Å². The van der Waals surface area contributed by atoms with Crippen molar-refractivity contribution in [2.24, 2.45) is 0 Å². The Morgan fingerprint density at radius 2 is 2.17 bits per heavy atom. The van der Waals surface area contributed by atoms with Gasteiger partial charge in [0, 0.05) is 5.75 Å². The molecule has 0 aromatic heterocycles. The molecule has 0 spiro atoms. The van der Waals surface area contributed by atoms with Gasteiger partial charge in [0.2, 0.25) is 0 Å². The molecule has 0 aromatic carbocycles. The molecule has 0 aliphatic rings. The normalized spacial score (nSPS) is 15.6. The highest BCUT2D eigenvalue weighted by Gasteiger charge is 2.16. The number of carboxylic acid groups (broad SMARTS) is 1. The van der Waals surface area contributed by atoms with Crippen molar-refractivity contribution in [1.82, 2.24) is 0 Å². The molecular weight excluding hydrogens is 180 g/mol. The highest BCUT2D eigenvalue weighted by molar-refractivity contribution is 8.00. The SMILES string of the molecule is CCC(SC[C@H](O)CO)C(=O)O. The van der Waals surface area contributed by atoms with Crippen LogP contribution in [0.5, 0.6) is 0 Å². The molecule has 0 aromatic rings. The summed E-state index contributed by atoms with van der Waals surface area (Å²) >= 11 is 1.15. The second-order valence-electron chi connectivity index (χ2n) is 2.40. The third kappa shape index (κ3) is 4.58. The Morgan fingerprint density at radius 1 is 1.58 bits per heavy atom. The first-order valence-corrected chi connectivity index (χ1v) is 4.80. The lowest BCUT2D eigenvalue weighted by Crippen LogP contribution is -2.21. The molecule has 12 heavy (non-hydrogen) atoms. The Kier molecular flexibility index (Phi) is 6.14. The van der Waals surface area contributed by atoms with Gasteiger partial charge in [0.25, 0.3) is 0 Å². The van der Waals surface area contributed by atoms with E-state index in [0.717, 1.165) is 11.8 Å². The van der Waals surface area contributed by atoms with Crippen LogP contribution in [-0.4, -0.2) is 45.0 Å². The number of aliphatic carboxylic acids is 1. The minimum Gasteiger partial charge on any atom is -0.480 e. The molecule has 0 aliphatic heterocycles. The third-order valence-corrected chi connectivity index (χ3v) is 2.86. The van der Waals surface area contributed by atoms with Gasteiger partial charge in [-0.2, -0.15) is 0 Å². The van der Waals surface area contributed by atoms with Crippen molar-refractivity contribution in [2.75, 3.05) is 12.4 Å². The average molecular weight is 194 g/mol. The van der Waals surface area contributed by atoms with Gasteiger partial charge >= 0.3 is 5.97 Å². The Hall–Kier alpha value is -0.260. The molecule has 0 saturated heterocycles. The van der Waals surface area contributed by atoms with Gasteiger partial charge in [-0.05, 0) is 6.42 Å². The highest BCUT2D eigenvalue weighted by atomic mass is 32.2. The van der Waals surface area contributed by atoms with E-state index in [2.05, 4.69) is 0 Å². The topological polar surface area (TPSA) is 77.8 Å². The molecule has 0 amide bonds. The summed E-state index contributed by atoms with van der Waals surface area (Å²) in [6, 6.07) is 0. The van der Waals surface area contributed by atoms with Crippen molar-refractivity contribution in [3.05, 3.63) is 0 Å². The Balaban J connectivity index is 3.65. The van der Waals surface area contributed by atoms with E-state index >= 15 is 0 Å². The van der Waals surface area contributed by atoms with Gasteiger partial charge in [-0.15, -0.1) is 11.8 Å². The van der Waals surface area contributed by atoms with Gasteiger partial charge in [0.15, 0.2) is 0 Å². The zero-order valence-corrected chi connectivity index (χ0v) is 7.75. The molecule has 0 aliphatic carbocycles. The predicted molar refractivity (Wildman–Crippen MR) is 47.3 cm³/mol. The summed E-state index contributed by atoms with van der Waals surface area (Å²) in [6.07, 6.45) is -0.290. The van der Waals surface area contributed by atoms with Crippen molar-refractivity contribution < 1.29 is 20.1 Å². The number of hydrogen-bond donors (Lipinski definition) is 3. The number of rotatable bonds is 6. The summed E-state index contributed by atoms with van der Waals surface area (Å²) in [5, 5.41) is 25.5. The lowest BCUT2D eigenvalue weighted by Gasteiger charge is -2.11. The van der Waals surface area contributed by atoms with E-state index in [1.54, 1.807) is 6.92 Å². The van der Waals surface area contributed by atoms with Crippen LogP contribution in [-0.2, 0) is 4.79 Å². The van der Waals surface area contributed by atoms with Crippen molar-refractivity contribution >= 4 is 17.7 Å². The van der Waals surface area contributed by atoms with E-state index in [-0.39, 0.29) is 12.4 Å². The molecular formula is C7H14O4S. The summed E-state index contributed by atoms with van der Waals surface area (Å²) in [4.78, 5) is 10.5. The Labute approximate surface area is 75.6 Å². The molecule has 0 bridgehead atoms. The van der Waals surface area contributed by atoms with Crippen LogP contribution < -0.4 is 0 Å². The van der Waals surface area contributed by atoms with Crippen LogP contribution in [0, 0.1) is 0 Å². The zero-order chi connectivity index (χ0) is 9.56. The molecule has 5 heteroatoms. The molecule has 0 saturated carbocycles. The van der Waals surface area contributed by atoms with Crippen LogP contribution in [0.15, 0.2) is 0 Å². The van der Waals surface area contributed by atoms with Crippen LogP contribution in [0.2, 0.25) is 0 Å². The Bertz CT molecular complexity index is 139. The third-order valence-electron chi connectivity index (χ3n) is 1.35. The first-order chi connectivity index (χ1) is 5.61. The van der Waals surface area contributed by atoms with Crippen LogP contribution in [0.1, 0.15) is 13.3 Å². The number of carbonyl (C=O) groups is 1. The van der Waals surface area contributed by atoms with E-state index in [1.165, 1.54) is 0 Å². The van der Waals surface area contributed by atoms with Crippen molar-refractivity contribution in [1.29, 1.82) is 0 Å². The summed E-state index contributed by atoms with van der Waals surface area (Å²) in [6.45, 7) is 1.46. The summed E-state index contributed by atoms with van der Waals surface area (Å²) in [5.74, 6) is -0.603. The van der Waals surface area contributed by atoms with Crippen molar-refractivity contribution in [3.8, 4) is 0 Å². The van der Waals surface area contributed by atoms with Crippen LogP contribution in [0.3, 0.4) is 0 Å². The zero-order valence-electron chi connectivity index (χ0n) is 6.93. The van der Waals surface area contributed by atoms with E-state index in [4.69, 9.17) is 15.3 Å². The van der Waals surface area contributed by atoms with E-state index in [1.807, 2.05) is 0 Å². The second kappa shape index (κ2) is 6.28. The smallest absolute Gasteiger partial charge is 0.316 e. The lowest BCUT2D eigenvalue weighted by atomic mass is 10.3. The fourth-order valence-electron chi connectivity index (χ4n) is 0.644. The summed E-state index contributed by atoms with van der Waals surface area (Å²) in [5.41, 5.74) is 0. The van der Waals surface area contributed by atoms with Gasteiger partial charge in [0.05, 0.1) is 12.7 Å². The molecule has 0 rings (SSSR count). The average Bonchev–Trinajstić information content (AvgIpc) is 2.04. The fourth-order valence-corrected chi connectivity index (χ4v) is 1.58. The van der Waals surface area contributed by atoms with E-state index < -0.39 is 17.3 Å². The molecule has 1 unspecified atom stereocenters. The first-order valence-electron chi connectivity index (χ1n) is 3.75. The molecule has 0 fully saturated rings. The quantitative estimate of drug-likeness (QED) is 0.552. The van der Waals surface area contributed by atoms with Crippen LogP contribution in [0.4, 0.5) is 0 Å². The molecule has 72 valence electrons. The Morgan fingerprint density at radius 3 is 2.50 bits per heavy atom. The maximum absolute atomic E-state index is 10.5. The number of carboxylic acids is 1. The number of aliphatic hydroxyl groups excluding tert-OH is 2. The highest BCUT2D eigenvalue weighted by Crippen LogP contribution is 2.15. The lowest BCUT2D eigenvalue weighted by molar-refractivity contribution is -0.136. The number of hydrogen-bond acceptors (Lipinski definition) is 4. The van der Waals surface area contributed by atoms with E-state index in [0.29, 0.717) is 6.42 Å². The van der Waals surface area contributed by atoms with Crippen molar-refractivity contribution in [3.63, 3.8) is 0 Å². The first kappa shape index (κ1) is 11.7. The monoisotopic (exact) mass is 194 g/mol.